The first-order valence-corrected chi connectivity index (χ1v) is 11.9. The van der Waals surface area contributed by atoms with E-state index in [0.717, 1.165) is 0 Å². The van der Waals surface area contributed by atoms with Crippen LogP contribution in [0.2, 0.25) is 0 Å². The van der Waals surface area contributed by atoms with E-state index in [1.54, 1.807) is 0 Å². The predicted octanol–water partition coefficient (Wildman–Crippen LogP) is -4.22. The van der Waals surface area contributed by atoms with Crippen LogP contribution in [0, 0.1) is 0 Å². The van der Waals surface area contributed by atoms with Crippen molar-refractivity contribution < 1.29 is 39.0 Å². The first kappa shape index (κ1) is 34.0. The molecule has 17 nitrogen and oxygen atoms in total. The van der Waals surface area contributed by atoms with E-state index in [9.17, 15) is 33.9 Å². The van der Waals surface area contributed by atoms with Gasteiger partial charge >= 0.3 is 11.9 Å². The standard InChI is InChI=1S/C21H39N9O8/c22-8-2-1-4-12(19(36)30-14(20(37)38)10-16(32)33)29-18(35)13(5-3-9-27-21(25)26)28-17(34)11(23)6-7-15(24)31/h11-14H,1-10,22-23H2,(H2,24,31)(H,28,34)(H,29,35)(H,30,36)(H,32,33)(H,37,38)(H4,25,26,27). The van der Waals surface area contributed by atoms with Crippen LogP contribution in [0.4, 0.5) is 0 Å². The van der Waals surface area contributed by atoms with Crippen LogP contribution in [0.1, 0.15) is 51.4 Å². The maximum absolute atomic E-state index is 13.1. The summed E-state index contributed by atoms with van der Waals surface area (Å²) in [4.78, 5) is 75.5. The van der Waals surface area contributed by atoms with Gasteiger partial charge in [-0.25, -0.2) is 4.79 Å². The summed E-state index contributed by atoms with van der Waals surface area (Å²) in [7, 11) is 0. The fourth-order valence-corrected chi connectivity index (χ4v) is 3.16. The minimum atomic E-state index is -1.73. The third kappa shape index (κ3) is 15.2. The highest BCUT2D eigenvalue weighted by molar-refractivity contribution is 5.94. The molecule has 0 spiro atoms. The number of aliphatic imine (C=N–C) groups is 1. The van der Waals surface area contributed by atoms with Crippen molar-refractivity contribution >= 4 is 41.5 Å². The zero-order chi connectivity index (χ0) is 29.3. The molecule has 4 unspecified atom stereocenters. The molecule has 4 atom stereocenters. The number of nitrogens with zero attached hydrogens (tertiary/aromatic N) is 1. The first-order valence-electron chi connectivity index (χ1n) is 11.9. The fraction of sp³-hybridized carbons (Fsp3) is 0.667. The summed E-state index contributed by atoms with van der Waals surface area (Å²) in [6, 6.07) is -5.33. The van der Waals surface area contributed by atoms with Crippen molar-refractivity contribution in [2.45, 2.75) is 75.5 Å². The van der Waals surface area contributed by atoms with Crippen molar-refractivity contribution in [3.63, 3.8) is 0 Å². The number of nitrogens with one attached hydrogen (secondary N) is 3. The van der Waals surface area contributed by atoms with Gasteiger partial charge in [0.15, 0.2) is 5.96 Å². The van der Waals surface area contributed by atoms with Gasteiger partial charge in [-0.15, -0.1) is 0 Å². The molecule has 0 heterocycles. The van der Waals surface area contributed by atoms with Crippen LogP contribution in [0.15, 0.2) is 4.99 Å². The summed E-state index contributed by atoms with van der Waals surface area (Å²) in [5, 5.41) is 25.2. The van der Waals surface area contributed by atoms with Gasteiger partial charge < -0.3 is 54.8 Å². The van der Waals surface area contributed by atoms with Crippen LogP contribution < -0.4 is 44.6 Å². The Morgan fingerprint density at radius 1 is 0.737 bits per heavy atom. The maximum Gasteiger partial charge on any atom is 0.326 e. The molecule has 17 heteroatoms. The smallest absolute Gasteiger partial charge is 0.326 e. The van der Waals surface area contributed by atoms with Crippen LogP contribution in [0.5, 0.6) is 0 Å². The summed E-state index contributed by atoms with van der Waals surface area (Å²) in [6.45, 7) is 0.428. The highest BCUT2D eigenvalue weighted by Crippen LogP contribution is 2.07. The Labute approximate surface area is 219 Å². The molecule has 0 aromatic carbocycles. The fourth-order valence-electron chi connectivity index (χ4n) is 3.16. The molecule has 0 bridgehead atoms. The second-order valence-corrected chi connectivity index (χ2v) is 8.46. The molecule has 38 heavy (non-hydrogen) atoms. The lowest BCUT2D eigenvalue weighted by Gasteiger charge is -2.25. The normalized spacial score (nSPS) is 13.7. The second kappa shape index (κ2) is 18.3. The number of carbonyl (C=O) groups excluding carboxylic acids is 4. The quantitative estimate of drug-likeness (QED) is 0.0395. The number of nitrogens with two attached hydrogens (primary N) is 5. The highest BCUT2D eigenvalue weighted by atomic mass is 16.4. The van der Waals surface area contributed by atoms with Crippen LogP contribution >= 0.6 is 0 Å². The lowest BCUT2D eigenvalue weighted by Crippen LogP contribution is -2.57. The number of rotatable bonds is 20. The van der Waals surface area contributed by atoms with E-state index in [-0.39, 0.29) is 44.6 Å². The number of primary amides is 1. The van der Waals surface area contributed by atoms with Crippen LogP contribution in [-0.2, 0) is 28.8 Å². The zero-order valence-corrected chi connectivity index (χ0v) is 21.1. The molecule has 216 valence electrons. The molecular formula is C21H39N9O8. The number of carbonyl (C=O) groups is 6. The number of guanidine groups is 1. The molecule has 0 rings (SSSR count). The van der Waals surface area contributed by atoms with Crippen LogP contribution in [0.3, 0.4) is 0 Å². The van der Waals surface area contributed by atoms with E-state index < -0.39 is 66.2 Å². The Morgan fingerprint density at radius 2 is 1.26 bits per heavy atom. The van der Waals surface area contributed by atoms with E-state index in [2.05, 4.69) is 20.9 Å². The third-order valence-electron chi connectivity index (χ3n) is 5.19. The van der Waals surface area contributed by atoms with Gasteiger partial charge in [-0.3, -0.25) is 29.0 Å². The topological polar surface area (TPSA) is 321 Å². The van der Waals surface area contributed by atoms with Crippen LogP contribution in [-0.4, -0.2) is 89.0 Å². The molecule has 0 fully saturated rings. The molecule has 0 radical (unpaired) electrons. The SMILES string of the molecule is NCCCCC(NC(=O)C(CCCN=C(N)N)NC(=O)C(N)CCC(N)=O)C(=O)NC(CC(=O)O)C(=O)O. The molecule has 0 aliphatic carbocycles. The molecule has 0 aliphatic rings. The number of hydrogen-bond acceptors (Lipinski definition) is 9. The average Bonchev–Trinajstić information content (AvgIpc) is 2.82. The number of hydrogen-bond donors (Lipinski definition) is 10. The first-order chi connectivity index (χ1) is 17.8. The molecule has 0 aliphatic heterocycles. The molecule has 15 N–H and O–H groups in total. The molecule has 0 saturated carbocycles. The van der Waals surface area contributed by atoms with Gasteiger partial charge in [0.1, 0.15) is 18.1 Å². The van der Waals surface area contributed by atoms with Gasteiger partial charge in [0.2, 0.25) is 23.6 Å². The summed E-state index contributed by atoms with van der Waals surface area (Å²) in [6.07, 6.45) is 0.114. The summed E-state index contributed by atoms with van der Waals surface area (Å²) >= 11 is 0. The number of aliphatic carboxylic acids is 2. The summed E-state index contributed by atoms with van der Waals surface area (Å²) in [5.74, 6) is -6.30. The lowest BCUT2D eigenvalue weighted by atomic mass is 10.0. The van der Waals surface area contributed by atoms with Crippen molar-refractivity contribution in [3.05, 3.63) is 0 Å². The van der Waals surface area contributed by atoms with Crippen molar-refractivity contribution in [1.82, 2.24) is 16.0 Å². The second-order valence-electron chi connectivity index (χ2n) is 8.46. The monoisotopic (exact) mass is 545 g/mol. The van der Waals surface area contributed by atoms with Gasteiger partial charge in [-0.05, 0) is 45.1 Å². The summed E-state index contributed by atoms with van der Waals surface area (Å²) < 4.78 is 0. The number of unbranched alkanes of at least 4 members (excludes halogenated alkanes) is 1. The molecule has 0 aromatic rings. The number of carboxylic acids is 2. The zero-order valence-electron chi connectivity index (χ0n) is 21.1. The van der Waals surface area contributed by atoms with Crippen molar-refractivity contribution in [2.75, 3.05) is 13.1 Å². The van der Waals surface area contributed by atoms with Crippen molar-refractivity contribution in [1.29, 1.82) is 0 Å². The minimum Gasteiger partial charge on any atom is -0.481 e. The Morgan fingerprint density at radius 3 is 1.74 bits per heavy atom. The van der Waals surface area contributed by atoms with Gasteiger partial charge in [0, 0.05) is 13.0 Å². The Bertz CT molecular complexity index is 864. The lowest BCUT2D eigenvalue weighted by molar-refractivity contribution is -0.147. The van der Waals surface area contributed by atoms with Gasteiger partial charge in [-0.2, -0.15) is 0 Å². The van der Waals surface area contributed by atoms with Crippen molar-refractivity contribution in [2.24, 2.45) is 33.7 Å². The van der Waals surface area contributed by atoms with Gasteiger partial charge in [-0.1, -0.05) is 0 Å². The van der Waals surface area contributed by atoms with Crippen LogP contribution in [0.25, 0.3) is 0 Å². The van der Waals surface area contributed by atoms with E-state index in [4.69, 9.17) is 33.8 Å². The van der Waals surface area contributed by atoms with Gasteiger partial charge in [0.25, 0.3) is 0 Å². The predicted molar refractivity (Wildman–Crippen MR) is 135 cm³/mol. The largest absolute Gasteiger partial charge is 0.481 e. The highest BCUT2D eigenvalue weighted by Gasteiger charge is 2.30. The molecule has 0 aromatic heterocycles. The van der Waals surface area contributed by atoms with E-state index in [1.807, 2.05) is 0 Å². The Kier molecular flexibility index (Phi) is 16.4. The maximum atomic E-state index is 13.1. The third-order valence-corrected chi connectivity index (χ3v) is 5.19. The minimum absolute atomic E-state index is 0.0325. The Hall–Kier alpha value is -3.99. The molecule has 0 saturated heterocycles. The van der Waals surface area contributed by atoms with Gasteiger partial charge in [0.05, 0.1) is 12.5 Å². The number of carboxylic acid groups (broad SMARTS) is 2. The molecule has 4 amide bonds. The average molecular weight is 546 g/mol. The van der Waals surface area contributed by atoms with E-state index >= 15 is 0 Å². The Balaban J connectivity index is 5.66. The molecular weight excluding hydrogens is 506 g/mol. The summed E-state index contributed by atoms with van der Waals surface area (Å²) in [5.41, 5.74) is 26.9. The number of amides is 4. The van der Waals surface area contributed by atoms with Crippen molar-refractivity contribution in [3.8, 4) is 0 Å². The van der Waals surface area contributed by atoms with E-state index in [0.29, 0.717) is 19.4 Å². The van der Waals surface area contributed by atoms with E-state index in [1.165, 1.54) is 0 Å².